The molecule has 0 saturated carbocycles. The van der Waals surface area contributed by atoms with Gasteiger partial charge in [-0.05, 0) is 57.0 Å². The number of likely N-dealkylation sites (N-methyl/N-ethyl adjacent to an activating group) is 1. The molecule has 122 valence electrons. The molecule has 1 heterocycles. The number of carbonyl (C=O) groups excluding carboxylic acids is 1. The number of aryl methyl sites for hydroxylation is 1. The van der Waals surface area contributed by atoms with E-state index < -0.39 is 0 Å². The molecular formula is C17H25ClN2O2. The topological polar surface area (TPSA) is 41.6 Å². The molecule has 0 spiro atoms. The van der Waals surface area contributed by atoms with Crippen LogP contribution in [0.3, 0.4) is 0 Å². The molecule has 4 nitrogen and oxygen atoms in total. The second-order valence-corrected chi connectivity index (χ2v) is 6.24. The number of ether oxygens (including phenoxy) is 1. The molecule has 0 bridgehead atoms. The summed E-state index contributed by atoms with van der Waals surface area (Å²) in [4.78, 5) is 14.2. The summed E-state index contributed by atoms with van der Waals surface area (Å²) in [5, 5.41) is 4.00. The van der Waals surface area contributed by atoms with Crippen LogP contribution in [-0.4, -0.2) is 43.6 Å². The largest absolute Gasteiger partial charge is 0.494 e. The summed E-state index contributed by atoms with van der Waals surface area (Å²) in [6, 6.07) is 6.06. The number of halogens is 1. The minimum absolute atomic E-state index is 0.232. The zero-order chi connectivity index (χ0) is 15.9. The number of nitrogens with one attached hydrogen (secondary N) is 1. The predicted octanol–water partition coefficient (Wildman–Crippen LogP) is 3.02. The minimum Gasteiger partial charge on any atom is -0.494 e. The highest BCUT2D eigenvalue weighted by Crippen LogP contribution is 2.21. The van der Waals surface area contributed by atoms with E-state index in [-0.39, 0.29) is 5.91 Å². The highest BCUT2D eigenvalue weighted by molar-refractivity contribution is 6.31. The van der Waals surface area contributed by atoms with E-state index in [0.29, 0.717) is 19.1 Å². The van der Waals surface area contributed by atoms with E-state index >= 15 is 0 Å². The first kappa shape index (κ1) is 17.1. The van der Waals surface area contributed by atoms with Gasteiger partial charge in [-0.3, -0.25) is 4.79 Å². The Bertz CT molecular complexity index is 507. The van der Waals surface area contributed by atoms with E-state index in [1.807, 2.05) is 37.1 Å². The molecule has 1 fully saturated rings. The van der Waals surface area contributed by atoms with Gasteiger partial charge in [0.05, 0.1) is 6.61 Å². The first-order valence-corrected chi connectivity index (χ1v) is 8.32. The number of benzene rings is 1. The summed E-state index contributed by atoms with van der Waals surface area (Å²) < 4.78 is 5.68. The number of piperidine rings is 1. The SMILES string of the molecule is CNC1CCCN(C(=O)CCCOc2ccc(Cl)c(C)c2)C1. The summed E-state index contributed by atoms with van der Waals surface area (Å²) in [6.07, 6.45) is 3.52. The molecule has 1 amide bonds. The molecule has 22 heavy (non-hydrogen) atoms. The Kier molecular flexibility index (Phi) is 6.52. The lowest BCUT2D eigenvalue weighted by Gasteiger charge is -2.32. The average Bonchev–Trinajstić information content (AvgIpc) is 2.54. The van der Waals surface area contributed by atoms with Crippen molar-refractivity contribution >= 4 is 17.5 Å². The molecular weight excluding hydrogens is 300 g/mol. The van der Waals surface area contributed by atoms with Crippen LogP contribution in [-0.2, 0) is 4.79 Å². The maximum absolute atomic E-state index is 12.2. The summed E-state index contributed by atoms with van der Waals surface area (Å²) in [5.74, 6) is 1.04. The van der Waals surface area contributed by atoms with Crippen molar-refractivity contribution in [1.29, 1.82) is 0 Å². The van der Waals surface area contributed by atoms with Crippen LogP contribution in [0.5, 0.6) is 5.75 Å². The lowest BCUT2D eigenvalue weighted by Crippen LogP contribution is -2.46. The van der Waals surface area contributed by atoms with Crippen molar-refractivity contribution in [2.24, 2.45) is 0 Å². The average molecular weight is 325 g/mol. The predicted molar refractivity (Wildman–Crippen MR) is 89.6 cm³/mol. The van der Waals surface area contributed by atoms with Gasteiger partial charge < -0.3 is 15.0 Å². The van der Waals surface area contributed by atoms with Crippen molar-refractivity contribution in [3.05, 3.63) is 28.8 Å². The van der Waals surface area contributed by atoms with E-state index in [1.54, 1.807) is 0 Å². The number of rotatable bonds is 6. The number of nitrogens with zero attached hydrogens (tertiary/aromatic N) is 1. The normalized spacial score (nSPS) is 18.3. The summed E-state index contributed by atoms with van der Waals surface area (Å²) >= 11 is 5.98. The molecule has 1 unspecified atom stereocenters. The number of carbonyl (C=O) groups is 1. The summed E-state index contributed by atoms with van der Waals surface area (Å²) in [5.41, 5.74) is 1.00. The molecule has 1 N–H and O–H groups in total. The van der Waals surface area contributed by atoms with Crippen molar-refractivity contribution in [1.82, 2.24) is 10.2 Å². The van der Waals surface area contributed by atoms with Gasteiger partial charge in [-0.15, -0.1) is 0 Å². The van der Waals surface area contributed by atoms with Crippen LogP contribution >= 0.6 is 11.6 Å². The number of hydrogen-bond donors (Lipinski definition) is 1. The van der Waals surface area contributed by atoms with E-state index in [0.717, 1.165) is 48.7 Å². The lowest BCUT2D eigenvalue weighted by molar-refractivity contribution is -0.132. The third kappa shape index (κ3) is 4.89. The molecule has 5 heteroatoms. The fourth-order valence-corrected chi connectivity index (χ4v) is 2.84. The molecule has 0 aliphatic carbocycles. The maximum Gasteiger partial charge on any atom is 0.222 e. The van der Waals surface area contributed by atoms with Gasteiger partial charge in [-0.25, -0.2) is 0 Å². The number of hydrogen-bond acceptors (Lipinski definition) is 3. The van der Waals surface area contributed by atoms with Crippen molar-refractivity contribution in [2.75, 3.05) is 26.7 Å². The summed E-state index contributed by atoms with van der Waals surface area (Å²) in [6.45, 7) is 4.21. The van der Waals surface area contributed by atoms with E-state index in [9.17, 15) is 4.79 Å². The molecule has 1 aromatic carbocycles. The Hall–Kier alpha value is -1.26. The standard InChI is InChI=1S/C17H25ClN2O2/c1-13-11-15(7-8-16(13)18)22-10-4-6-17(21)20-9-3-5-14(12-20)19-2/h7-8,11,14,19H,3-6,9-10,12H2,1-2H3. The van der Waals surface area contributed by atoms with Gasteiger partial charge in [-0.1, -0.05) is 11.6 Å². The fourth-order valence-electron chi connectivity index (χ4n) is 2.72. The van der Waals surface area contributed by atoms with Crippen LogP contribution in [0.15, 0.2) is 18.2 Å². The molecule has 1 aliphatic heterocycles. The first-order valence-electron chi connectivity index (χ1n) is 7.94. The zero-order valence-electron chi connectivity index (χ0n) is 13.4. The zero-order valence-corrected chi connectivity index (χ0v) is 14.2. The van der Waals surface area contributed by atoms with E-state index in [2.05, 4.69) is 5.32 Å². The molecule has 1 atom stereocenters. The van der Waals surface area contributed by atoms with E-state index in [4.69, 9.17) is 16.3 Å². The smallest absolute Gasteiger partial charge is 0.222 e. The molecule has 0 aromatic heterocycles. The Morgan fingerprint density at radius 3 is 3.05 bits per heavy atom. The molecule has 1 saturated heterocycles. The number of likely N-dealkylation sites (tertiary alicyclic amines) is 1. The fraction of sp³-hybridized carbons (Fsp3) is 0.588. The van der Waals surface area contributed by atoms with Gasteiger partial charge in [0, 0.05) is 30.6 Å². The van der Waals surface area contributed by atoms with Crippen molar-refractivity contribution in [3.63, 3.8) is 0 Å². The second-order valence-electron chi connectivity index (χ2n) is 5.83. The first-order chi connectivity index (χ1) is 10.6. The van der Waals surface area contributed by atoms with Gasteiger partial charge in [-0.2, -0.15) is 0 Å². The van der Waals surface area contributed by atoms with Crippen LogP contribution in [0.1, 0.15) is 31.2 Å². The molecule has 1 aliphatic rings. The molecule has 2 rings (SSSR count). The van der Waals surface area contributed by atoms with Gasteiger partial charge in [0.25, 0.3) is 0 Å². The van der Waals surface area contributed by atoms with Crippen molar-refractivity contribution in [2.45, 2.75) is 38.6 Å². The van der Waals surface area contributed by atoms with Crippen molar-refractivity contribution < 1.29 is 9.53 Å². The second kappa shape index (κ2) is 8.39. The quantitative estimate of drug-likeness (QED) is 0.818. The molecule has 0 radical (unpaired) electrons. The van der Waals surface area contributed by atoms with Gasteiger partial charge >= 0.3 is 0 Å². The number of amides is 1. The highest BCUT2D eigenvalue weighted by Gasteiger charge is 2.21. The van der Waals surface area contributed by atoms with Crippen LogP contribution in [0, 0.1) is 6.92 Å². The van der Waals surface area contributed by atoms with Crippen LogP contribution < -0.4 is 10.1 Å². The lowest BCUT2D eigenvalue weighted by atomic mass is 10.1. The van der Waals surface area contributed by atoms with Crippen molar-refractivity contribution in [3.8, 4) is 5.75 Å². The monoisotopic (exact) mass is 324 g/mol. The minimum atomic E-state index is 0.232. The molecule has 1 aromatic rings. The van der Waals surface area contributed by atoms with Crippen LogP contribution in [0.4, 0.5) is 0 Å². The van der Waals surface area contributed by atoms with Crippen LogP contribution in [0.2, 0.25) is 5.02 Å². The Morgan fingerprint density at radius 1 is 1.50 bits per heavy atom. The van der Waals surface area contributed by atoms with Gasteiger partial charge in [0.1, 0.15) is 5.75 Å². The summed E-state index contributed by atoms with van der Waals surface area (Å²) in [7, 11) is 1.96. The van der Waals surface area contributed by atoms with Gasteiger partial charge in [0.15, 0.2) is 0 Å². The maximum atomic E-state index is 12.2. The third-order valence-corrected chi connectivity index (χ3v) is 4.54. The Labute approximate surface area is 137 Å². The highest BCUT2D eigenvalue weighted by atomic mass is 35.5. The van der Waals surface area contributed by atoms with E-state index in [1.165, 1.54) is 0 Å². The van der Waals surface area contributed by atoms with Gasteiger partial charge in [0.2, 0.25) is 5.91 Å². The van der Waals surface area contributed by atoms with Crippen LogP contribution in [0.25, 0.3) is 0 Å². The Morgan fingerprint density at radius 2 is 2.32 bits per heavy atom. The third-order valence-electron chi connectivity index (χ3n) is 4.12. The Balaban J connectivity index is 1.69.